The van der Waals surface area contributed by atoms with Gasteiger partial charge in [-0.15, -0.1) is 0 Å². The Balaban J connectivity index is 2.67. The van der Waals surface area contributed by atoms with Crippen molar-refractivity contribution in [2.45, 2.75) is 27.7 Å². The number of rotatable bonds is 2. The first-order valence-electron chi connectivity index (χ1n) is 6.06. The predicted molar refractivity (Wildman–Crippen MR) is 76.4 cm³/mol. The van der Waals surface area contributed by atoms with Gasteiger partial charge in [-0.05, 0) is 38.8 Å². The van der Waals surface area contributed by atoms with E-state index in [0.717, 1.165) is 28.2 Å². The molecule has 0 saturated heterocycles. The molecule has 0 fully saturated rings. The van der Waals surface area contributed by atoms with E-state index >= 15 is 0 Å². The van der Waals surface area contributed by atoms with Gasteiger partial charge in [0.05, 0.1) is 0 Å². The van der Waals surface area contributed by atoms with E-state index in [9.17, 15) is 0 Å². The third-order valence-electron chi connectivity index (χ3n) is 3.02. The maximum absolute atomic E-state index is 4.43. The molecular formula is C16H18N2. The van der Waals surface area contributed by atoms with Crippen molar-refractivity contribution < 1.29 is 0 Å². The van der Waals surface area contributed by atoms with E-state index in [1.54, 1.807) is 0 Å². The molecule has 0 amide bonds. The van der Waals surface area contributed by atoms with Gasteiger partial charge in [-0.2, -0.15) is 0 Å². The van der Waals surface area contributed by atoms with Gasteiger partial charge in [0.25, 0.3) is 0 Å². The summed E-state index contributed by atoms with van der Waals surface area (Å²) in [4.78, 5) is 8.73. The topological polar surface area (TPSA) is 25.8 Å². The molecule has 0 aliphatic rings. The highest BCUT2D eigenvalue weighted by atomic mass is 14.9. The third-order valence-corrected chi connectivity index (χ3v) is 3.02. The summed E-state index contributed by atoms with van der Waals surface area (Å²) in [6.45, 7) is 12.1. The highest BCUT2D eigenvalue weighted by Crippen LogP contribution is 2.30. The zero-order valence-electron chi connectivity index (χ0n) is 11.4. The molecule has 1 aromatic heterocycles. The van der Waals surface area contributed by atoms with Crippen molar-refractivity contribution in [2.24, 2.45) is 0 Å². The fraction of sp³-hybridized carbons (Fsp3) is 0.250. The van der Waals surface area contributed by atoms with Gasteiger partial charge in [-0.1, -0.05) is 35.9 Å². The van der Waals surface area contributed by atoms with E-state index in [-0.39, 0.29) is 0 Å². The van der Waals surface area contributed by atoms with E-state index in [1.165, 1.54) is 11.1 Å². The molecule has 0 N–H and O–H groups in total. The van der Waals surface area contributed by atoms with Crippen LogP contribution in [0, 0.1) is 20.8 Å². The van der Waals surface area contributed by atoms with Crippen LogP contribution in [0.1, 0.15) is 29.6 Å². The van der Waals surface area contributed by atoms with Crippen molar-refractivity contribution in [1.82, 2.24) is 9.97 Å². The van der Waals surface area contributed by atoms with Crippen LogP contribution in [0.15, 0.2) is 31.0 Å². The molecule has 0 unspecified atom stereocenters. The van der Waals surface area contributed by atoms with E-state index < -0.39 is 0 Å². The summed E-state index contributed by atoms with van der Waals surface area (Å²) in [6.07, 6.45) is 1.90. The molecule has 0 aliphatic carbocycles. The smallest absolute Gasteiger partial charge is 0.125 e. The van der Waals surface area contributed by atoms with E-state index in [2.05, 4.69) is 41.7 Å². The number of aryl methyl sites for hydroxylation is 3. The van der Waals surface area contributed by atoms with Gasteiger partial charge in [-0.25, -0.2) is 9.97 Å². The first-order valence-corrected chi connectivity index (χ1v) is 6.06. The monoisotopic (exact) mass is 238 g/mol. The second-order valence-electron chi connectivity index (χ2n) is 4.75. The van der Waals surface area contributed by atoms with Crippen LogP contribution in [-0.2, 0) is 0 Å². The lowest BCUT2D eigenvalue weighted by Crippen LogP contribution is -1.96. The molecule has 2 rings (SSSR count). The van der Waals surface area contributed by atoms with Gasteiger partial charge >= 0.3 is 0 Å². The lowest BCUT2D eigenvalue weighted by atomic mass is 9.94. The summed E-state index contributed by atoms with van der Waals surface area (Å²) >= 11 is 0. The van der Waals surface area contributed by atoms with Gasteiger partial charge in [-0.3, -0.25) is 0 Å². The van der Waals surface area contributed by atoms with Crippen LogP contribution in [0.5, 0.6) is 0 Å². The molecular weight excluding hydrogens is 220 g/mol. The van der Waals surface area contributed by atoms with Crippen LogP contribution in [0.4, 0.5) is 0 Å². The van der Waals surface area contributed by atoms with Crippen LogP contribution >= 0.6 is 0 Å². The van der Waals surface area contributed by atoms with Crippen molar-refractivity contribution in [3.05, 3.63) is 53.6 Å². The molecule has 92 valence electrons. The molecule has 0 atom stereocenters. The highest BCUT2D eigenvalue weighted by molar-refractivity contribution is 5.80. The van der Waals surface area contributed by atoms with Gasteiger partial charge < -0.3 is 0 Å². The minimum absolute atomic E-state index is 0.806. The van der Waals surface area contributed by atoms with Crippen molar-refractivity contribution in [3.8, 4) is 11.1 Å². The van der Waals surface area contributed by atoms with Gasteiger partial charge in [0.15, 0.2) is 0 Å². The summed E-state index contributed by atoms with van der Waals surface area (Å²) in [5, 5.41) is 0. The van der Waals surface area contributed by atoms with E-state index in [1.807, 2.05) is 27.0 Å². The molecule has 2 aromatic rings. The molecule has 1 aromatic carbocycles. The predicted octanol–water partition coefficient (Wildman–Crippen LogP) is 4.10. The van der Waals surface area contributed by atoms with E-state index in [0.29, 0.717) is 0 Å². The number of hydrogen-bond acceptors (Lipinski definition) is 2. The van der Waals surface area contributed by atoms with Crippen LogP contribution < -0.4 is 0 Å². The lowest BCUT2D eigenvalue weighted by molar-refractivity contribution is 1.01. The fourth-order valence-electron chi connectivity index (χ4n) is 2.09. The maximum atomic E-state index is 4.43. The first kappa shape index (κ1) is 12.5. The number of hydrogen-bond donors (Lipinski definition) is 0. The molecule has 2 nitrogen and oxygen atoms in total. The Labute approximate surface area is 108 Å². The molecule has 18 heavy (non-hydrogen) atoms. The second kappa shape index (κ2) is 4.73. The third kappa shape index (κ3) is 2.33. The van der Waals surface area contributed by atoms with Crippen molar-refractivity contribution >= 4 is 5.57 Å². The molecule has 1 heterocycles. The average molecular weight is 238 g/mol. The quantitative estimate of drug-likeness (QED) is 0.787. The normalized spacial score (nSPS) is 10.4. The van der Waals surface area contributed by atoms with Crippen LogP contribution in [0.2, 0.25) is 0 Å². The molecule has 0 spiro atoms. The highest BCUT2D eigenvalue weighted by Gasteiger charge is 2.10. The van der Waals surface area contributed by atoms with Gasteiger partial charge in [0.1, 0.15) is 5.82 Å². The fourth-order valence-corrected chi connectivity index (χ4v) is 2.09. The molecule has 0 radical (unpaired) electrons. The minimum Gasteiger partial charge on any atom is -0.241 e. The Kier molecular flexibility index (Phi) is 3.28. The van der Waals surface area contributed by atoms with Crippen LogP contribution in [0.25, 0.3) is 16.7 Å². The van der Waals surface area contributed by atoms with Crippen molar-refractivity contribution in [1.29, 1.82) is 0 Å². The van der Waals surface area contributed by atoms with Crippen LogP contribution in [0.3, 0.4) is 0 Å². The number of aromatic nitrogens is 2. The largest absolute Gasteiger partial charge is 0.241 e. The maximum Gasteiger partial charge on any atom is 0.125 e. The molecule has 0 saturated carbocycles. The van der Waals surface area contributed by atoms with Gasteiger partial charge in [0, 0.05) is 17.5 Å². The van der Waals surface area contributed by atoms with Crippen molar-refractivity contribution in [2.75, 3.05) is 0 Å². The Morgan fingerprint density at radius 2 is 1.83 bits per heavy atom. The van der Waals surface area contributed by atoms with Crippen molar-refractivity contribution in [3.63, 3.8) is 0 Å². The minimum atomic E-state index is 0.806. The molecule has 2 heteroatoms. The summed E-state index contributed by atoms with van der Waals surface area (Å²) in [7, 11) is 0. The first-order chi connectivity index (χ1) is 8.49. The van der Waals surface area contributed by atoms with Gasteiger partial charge in [0.2, 0.25) is 0 Å². The molecule has 0 bridgehead atoms. The molecule has 0 aliphatic heterocycles. The zero-order valence-corrected chi connectivity index (χ0v) is 11.4. The number of allylic oxidation sites excluding steroid dienone is 1. The summed E-state index contributed by atoms with van der Waals surface area (Å²) in [6, 6.07) is 6.40. The second-order valence-corrected chi connectivity index (χ2v) is 4.75. The SMILES string of the molecule is C=C(C)c1cc(C)ccc1-c1cnc(C)nc1C. The zero-order chi connectivity index (χ0) is 13.3. The Morgan fingerprint density at radius 1 is 1.11 bits per heavy atom. The summed E-state index contributed by atoms with van der Waals surface area (Å²) < 4.78 is 0. The Hall–Kier alpha value is -1.96. The van der Waals surface area contributed by atoms with Crippen LogP contribution in [-0.4, -0.2) is 9.97 Å². The number of nitrogens with zero attached hydrogens (tertiary/aromatic N) is 2. The lowest BCUT2D eigenvalue weighted by Gasteiger charge is -2.12. The standard InChI is InChI=1S/C16H18N2/c1-10(2)15-8-11(3)6-7-14(15)16-9-17-13(5)18-12(16)4/h6-9H,1H2,2-5H3. The average Bonchev–Trinajstić information content (AvgIpc) is 2.29. The summed E-state index contributed by atoms with van der Waals surface area (Å²) in [5.41, 5.74) is 6.72. The number of benzene rings is 1. The van der Waals surface area contributed by atoms with E-state index in [4.69, 9.17) is 0 Å². The Morgan fingerprint density at radius 3 is 2.44 bits per heavy atom. The summed E-state index contributed by atoms with van der Waals surface area (Å²) in [5.74, 6) is 0.806. The Bertz CT molecular complexity index is 612.